The molecule has 0 aliphatic carbocycles. The van der Waals surface area contributed by atoms with Gasteiger partial charge in [0, 0.05) is 5.56 Å². The van der Waals surface area contributed by atoms with Crippen LogP contribution in [0.3, 0.4) is 0 Å². The summed E-state index contributed by atoms with van der Waals surface area (Å²) in [4.78, 5) is 10.8. The number of methoxy groups -OCH3 is 2. The maximum atomic E-state index is 10.8. The second-order valence-corrected chi connectivity index (χ2v) is 3.34. The van der Waals surface area contributed by atoms with Gasteiger partial charge in [0.15, 0.2) is 10.1 Å². The molecule has 1 N–H and O–H groups in total. The quantitative estimate of drug-likeness (QED) is 0.811. The Morgan fingerprint density at radius 2 is 1.85 bits per heavy atom. The molecule has 0 atom stereocenters. The van der Waals surface area contributed by atoms with E-state index in [1.54, 1.807) is 6.92 Å². The van der Waals surface area contributed by atoms with Crippen LogP contribution in [0.1, 0.15) is 15.9 Å². The molecular weight excluding hydrogens is 192 g/mol. The minimum absolute atomic E-state index is 0.185. The second kappa shape index (κ2) is 3.66. The Morgan fingerprint density at radius 3 is 2.15 bits per heavy atom. The van der Waals surface area contributed by atoms with Crippen LogP contribution in [0.25, 0.3) is 0 Å². The van der Waals surface area contributed by atoms with Gasteiger partial charge in [0.2, 0.25) is 0 Å². The highest BCUT2D eigenvalue weighted by molar-refractivity contribution is 7.16. The van der Waals surface area contributed by atoms with Gasteiger partial charge < -0.3 is 14.6 Å². The van der Waals surface area contributed by atoms with Gasteiger partial charge in [-0.05, 0) is 6.92 Å². The van der Waals surface area contributed by atoms with Gasteiger partial charge in [0.05, 0.1) is 14.2 Å². The van der Waals surface area contributed by atoms with Crippen LogP contribution < -0.4 is 9.47 Å². The lowest BCUT2D eigenvalue weighted by Crippen LogP contribution is -1.99. The van der Waals surface area contributed by atoms with E-state index in [1.165, 1.54) is 25.6 Å². The molecule has 5 heteroatoms. The van der Waals surface area contributed by atoms with Gasteiger partial charge in [-0.15, -0.1) is 0 Å². The third kappa shape index (κ3) is 1.60. The highest BCUT2D eigenvalue weighted by atomic mass is 32.1. The van der Waals surface area contributed by atoms with Gasteiger partial charge in [-0.2, -0.15) is 0 Å². The molecule has 1 aromatic heterocycles. The summed E-state index contributed by atoms with van der Waals surface area (Å²) in [6, 6.07) is 0. The molecule has 0 fully saturated rings. The molecule has 0 spiro atoms. The highest BCUT2D eigenvalue weighted by Gasteiger charge is 2.21. The molecule has 1 aromatic rings. The summed E-state index contributed by atoms with van der Waals surface area (Å²) in [7, 11) is 2.95. The number of aromatic carboxylic acids is 1. The molecule has 0 aromatic carbocycles. The molecule has 1 rings (SSSR count). The van der Waals surface area contributed by atoms with Gasteiger partial charge >= 0.3 is 5.97 Å². The number of carbonyl (C=O) groups is 1. The predicted octanol–water partition coefficient (Wildman–Crippen LogP) is 1.77. The summed E-state index contributed by atoms with van der Waals surface area (Å²) < 4.78 is 9.92. The average molecular weight is 202 g/mol. The SMILES string of the molecule is COc1sc(OC)c(C(=O)O)c1C. The maximum Gasteiger partial charge on any atom is 0.340 e. The first-order chi connectivity index (χ1) is 6.11. The third-order valence-corrected chi connectivity index (χ3v) is 2.87. The number of ether oxygens (including phenoxy) is 2. The van der Waals surface area contributed by atoms with E-state index >= 15 is 0 Å². The van der Waals surface area contributed by atoms with Crippen molar-refractivity contribution in [2.24, 2.45) is 0 Å². The molecule has 0 unspecified atom stereocenters. The Hall–Kier alpha value is -1.23. The second-order valence-electron chi connectivity index (χ2n) is 2.39. The molecular formula is C8H10O4S. The molecule has 0 saturated carbocycles. The fourth-order valence-corrected chi connectivity index (χ4v) is 1.99. The van der Waals surface area contributed by atoms with E-state index in [-0.39, 0.29) is 5.56 Å². The van der Waals surface area contributed by atoms with Crippen LogP contribution in [0.2, 0.25) is 0 Å². The fourth-order valence-electron chi connectivity index (χ4n) is 1.05. The number of hydrogen-bond acceptors (Lipinski definition) is 4. The lowest BCUT2D eigenvalue weighted by atomic mass is 10.2. The summed E-state index contributed by atoms with van der Waals surface area (Å²) >= 11 is 1.19. The Morgan fingerprint density at radius 1 is 1.31 bits per heavy atom. The van der Waals surface area contributed by atoms with E-state index < -0.39 is 5.97 Å². The molecule has 0 aliphatic rings. The van der Waals surface area contributed by atoms with E-state index in [1.807, 2.05) is 0 Å². The van der Waals surface area contributed by atoms with Crippen molar-refractivity contribution in [2.75, 3.05) is 14.2 Å². The summed E-state index contributed by atoms with van der Waals surface area (Å²) in [5.41, 5.74) is 0.793. The maximum absolute atomic E-state index is 10.8. The van der Waals surface area contributed by atoms with Crippen molar-refractivity contribution < 1.29 is 19.4 Å². The normalized spacial score (nSPS) is 9.77. The van der Waals surface area contributed by atoms with Crippen LogP contribution in [0.5, 0.6) is 10.1 Å². The van der Waals surface area contributed by atoms with E-state index in [0.29, 0.717) is 15.7 Å². The van der Waals surface area contributed by atoms with Gasteiger partial charge in [-0.25, -0.2) is 4.79 Å². The summed E-state index contributed by atoms with van der Waals surface area (Å²) in [5, 5.41) is 9.81. The Labute approximate surface area is 79.7 Å². The number of thiophene rings is 1. The zero-order valence-corrected chi connectivity index (χ0v) is 8.40. The van der Waals surface area contributed by atoms with E-state index in [9.17, 15) is 4.79 Å². The van der Waals surface area contributed by atoms with Gasteiger partial charge in [0.1, 0.15) is 5.56 Å². The van der Waals surface area contributed by atoms with Crippen LogP contribution in [-0.2, 0) is 0 Å². The van der Waals surface area contributed by atoms with Crippen molar-refractivity contribution in [2.45, 2.75) is 6.92 Å². The molecule has 72 valence electrons. The van der Waals surface area contributed by atoms with E-state index in [0.717, 1.165) is 0 Å². The minimum Gasteiger partial charge on any atom is -0.487 e. The predicted molar refractivity (Wildman–Crippen MR) is 49.1 cm³/mol. The van der Waals surface area contributed by atoms with Crippen molar-refractivity contribution >= 4 is 17.3 Å². The van der Waals surface area contributed by atoms with Crippen molar-refractivity contribution in [3.63, 3.8) is 0 Å². The Balaban J connectivity index is 3.28. The zero-order valence-electron chi connectivity index (χ0n) is 7.58. The van der Waals surface area contributed by atoms with Gasteiger partial charge in [-0.1, -0.05) is 11.3 Å². The van der Waals surface area contributed by atoms with Crippen LogP contribution in [0.4, 0.5) is 0 Å². The molecule has 0 aliphatic heterocycles. The minimum atomic E-state index is -0.992. The Kier molecular flexibility index (Phi) is 2.77. The fraction of sp³-hybridized carbons (Fsp3) is 0.375. The molecule has 1 heterocycles. The summed E-state index contributed by atoms with van der Waals surface area (Å²) in [5.74, 6) is -0.992. The number of hydrogen-bond donors (Lipinski definition) is 1. The molecule has 0 radical (unpaired) electrons. The first-order valence-corrected chi connectivity index (χ1v) is 4.38. The molecule has 13 heavy (non-hydrogen) atoms. The van der Waals surface area contributed by atoms with Gasteiger partial charge in [-0.3, -0.25) is 0 Å². The van der Waals surface area contributed by atoms with Crippen molar-refractivity contribution in [3.05, 3.63) is 11.1 Å². The standard InChI is InChI=1S/C8H10O4S/c1-4-5(6(9)10)8(12-3)13-7(4)11-2/h1-3H3,(H,9,10). The topological polar surface area (TPSA) is 55.8 Å². The first-order valence-electron chi connectivity index (χ1n) is 3.56. The lowest BCUT2D eigenvalue weighted by Gasteiger charge is -1.96. The van der Waals surface area contributed by atoms with Crippen molar-refractivity contribution in [3.8, 4) is 10.1 Å². The number of carboxylic acids is 1. The number of carboxylic acid groups (broad SMARTS) is 1. The highest BCUT2D eigenvalue weighted by Crippen LogP contribution is 2.40. The van der Waals surface area contributed by atoms with Crippen LogP contribution in [-0.4, -0.2) is 25.3 Å². The van der Waals surface area contributed by atoms with Crippen LogP contribution in [0, 0.1) is 6.92 Å². The third-order valence-electron chi connectivity index (χ3n) is 1.66. The zero-order chi connectivity index (χ0) is 10.0. The summed E-state index contributed by atoms with van der Waals surface area (Å²) in [6.45, 7) is 1.70. The van der Waals surface area contributed by atoms with Crippen LogP contribution >= 0.6 is 11.3 Å². The van der Waals surface area contributed by atoms with Crippen LogP contribution in [0.15, 0.2) is 0 Å². The first kappa shape index (κ1) is 9.85. The number of rotatable bonds is 3. The molecule has 4 nitrogen and oxygen atoms in total. The van der Waals surface area contributed by atoms with Gasteiger partial charge in [0.25, 0.3) is 0 Å². The van der Waals surface area contributed by atoms with Crippen molar-refractivity contribution in [1.82, 2.24) is 0 Å². The smallest absolute Gasteiger partial charge is 0.340 e. The monoisotopic (exact) mass is 202 g/mol. The molecule has 0 saturated heterocycles. The molecule has 0 amide bonds. The lowest BCUT2D eigenvalue weighted by molar-refractivity contribution is 0.0693. The summed E-state index contributed by atoms with van der Waals surface area (Å²) in [6.07, 6.45) is 0. The van der Waals surface area contributed by atoms with E-state index in [2.05, 4.69) is 0 Å². The average Bonchev–Trinajstić information content (AvgIpc) is 2.41. The van der Waals surface area contributed by atoms with Crippen molar-refractivity contribution in [1.29, 1.82) is 0 Å². The Bertz CT molecular complexity index is 329. The molecule has 0 bridgehead atoms. The van der Waals surface area contributed by atoms with E-state index in [4.69, 9.17) is 14.6 Å². The largest absolute Gasteiger partial charge is 0.487 e.